The molecule has 108 valence electrons. The summed E-state index contributed by atoms with van der Waals surface area (Å²) < 4.78 is 4.32. The average Bonchev–Trinajstić information content (AvgIpc) is 3.02. The number of aryl methyl sites for hydroxylation is 1. The summed E-state index contributed by atoms with van der Waals surface area (Å²) in [6.07, 6.45) is 4.78. The normalized spacial score (nSPS) is 11.0. The van der Waals surface area contributed by atoms with Crippen LogP contribution in [0.3, 0.4) is 0 Å². The molecule has 1 amide bonds. The van der Waals surface area contributed by atoms with E-state index >= 15 is 0 Å². The van der Waals surface area contributed by atoms with E-state index in [0.29, 0.717) is 18.4 Å². The van der Waals surface area contributed by atoms with E-state index in [1.165, 1.54) is 17.9 Å². The van der Waals surface area contributed by atoms with E-state index in [0.717, 1.165) is 15.5 Å². The zero-order chi connectivity index (χ0) is 15.0. The first-order valence-electron chi connectivity index (χ1n) is 6.29. The van der Waals surface area contributed by atoms with Gasteiger partial charge in [0.05, 0.1) is 16.2 Å². The smallest absolute Gasteiger partial charge is 0.235 e. The molecule has 3 rings (SSSR count). The predicted molar refractivity (Wildman–Crippen MR) is 80.1 cm³/mol. The highest BCUT2D eigenvalue weighted by Crippen LogP contribution is 2.26. The van der Waals surface area contributed by atoms with Crippen LogP contribution in [0.5, 0.6) is 0 Å². The largest absolute Gasteiger partial charge is 0.307 e. The number of carbonyl (C=O) groups is 1. The fraction of sp³-hybridized carbons (Fsp3) is 0.250. The van der Waals surface area contributed by atoms with Crippen LogP contribution in [0, 0.1) is 0 Å². The number of hydrogen-bond acceptors (Lipinski definition) is 5. The van der Waals surface area contributed by atoms with Gasteiger partial charge in [0.15, 0.2) is 0 Å². The molecule has 8 nitrogen and oxygen atoms in total. The van der Waals surface area contributed by atoms with Crippen LogP contribution >= 0.6 is 15.9 Å². The molecule has 0 fully saturated rings. The van der Waals surface area contributed by atoms with Crippen molar-refractivity contribution in [3.05, 3.63) is 23.2 Å². The number of aromatic nitrogens is 6. The summed E-state index contributed by atoms with van der Waals surface area (Å²) in [4.78, 5) is 23.9. The van der Waals surface area contributed by atoms with Crippen LogP contribution in [0.25, 0.3) is 17.0 Å². The van der Waals surface area contributed by atoms with Crippen LogP contribution < -0.4 is 5.32 Å². The van der Waals surface area contributed by atoms with Crippen LogP contribution in [-0.4, -0.2) is 35.2 Å². The van der Waals surface area contributed by atoms with Crippen molar-refractivity contribution in [3.8, 4) is 5.95 Å². The Kier molecular flexibility index (Phi) is 3.42. The zero-order valence-electron chi connectivity index (χ0n) is 11.4. The van der Waals surface area contributed by atoms with Gasteiger partial charge >= 0.3 is 0 Å². The third-order valence-electron chi connectivity index (χ3n) is 2.93. The summed E-state index contributed by atoms with van der Waals surface area (Å²) in [5, 5.41) is 6.78. The van der Waals surface area contributed by atoms with Crippen molar-refractivity contribution in [2.24, 2.45) is 0 Å². The SMILES string of the molecule is CCn1c(-n2ncnc2NC(C)=O)nc2cncc(Br)c21. The lowest BCUT2D eigenvalue weighted by Gasteiger charge is -2.08. The average molecular weight is 350 g/mol. The second-order valence-electron chi connectivity index (χ2n) is 4.32. The van der Waals surface area contributed by atoms with E-state index in [1.807, 2.05) is 11.5 Å². The van der Waals surface area contributed by atoms with Gasteiger partial charge in [0.25, 0.3) is 0 Å². The lowest BCUT2D eigenvalue weighted by molar-refractivity contribution is -0.114. The maximum absolute atomic E-state index is 11.2. The molecule has 0 aromatic carbocycles. The number of nitrogens with one attached hydrogen (secondary N) is 1. The second-order valence-corrected chi connectivity index (χ2v) is 5.18. The Balaban J connectivity index is 2.24. The minimum atomic E-state index is -0.216. The minimum absolute atomic E-state index is 0.216. The summed E-state index contributed by atoms with van der Waals surface area (Å²) in [5.74, 6) is 0.685. The Labute approximate surface area is 128 Å². The van der Waals surface area contributed by atoms with Crippen molar-refractivity contribution in [1.82, 2.24) is 29.3 Å². The molecule has 0 aliphatic heterocycles. The number of fused-ring (bicyclic) bond motifs is 1. The Hall–Kier alpha value is -2.29. The van der Waals surface area contributed by atoms with Crippen LogP contribution in [0.4, 0.5) is 5.95 Å². The molecule has 0 aliphatic rings. The molecular weight excluding hydrogens is 338 g/mol. The first-order chi connectivity index (χ1) is 10.1. The van der Waals surface area contributed by atoms with Crippen molar-refractivity contribution < 1.29 is 4.79 Å². The van der Waals surface area contributed by atoms with Gasteiger partial charge in [-0.05, 0) is 22.9 Å². The third-order valence-corrected chi connectivity index (χ3v) is 3.51. The van der Waals surface area contributed by atoms with E-state index in [-0.39, 0.29) is 5.91 Å². The van der Waals surface area contributed by atoms with Gasteiger partial charge < -0.3 is 4.57 Å². The third kappa shape index (κ3) is 2.29. The van der Waals surface area contributed by atoms with Crippen molar-refractivity contribution in [2.45, 2.75) is 20.4 Å². The van der Waals surface area contributed by atoms with Gasteiger partial charge in [-0.2, -0.15) is 14.8 Å². The molecule has 9 heteroatoms. The molecule has 21 heavy (non-hydrogen) atoms. The van der Waals surface area contributed by atoms with Gasteiger partial charge in [0.1, 0.15) is 11.8 Å². The molecule has 0 spiro atoms. The van der Waals surface area contributed by atoms with Crippen LogP contribution in [-0.2, 0) is 11.3 Å². The Morgan fingerprint density at radius 2 is 2.24 bits per heavy atom. The van der Waals surface area contributed by atoms with Gasteiger partial charge in [-0.3, -0.25) is 15.1 Å². The molecule has 0 aliphatic carbocycles. The number of amides is 1. The Morgan fingerprint density at radius 1 is 1.43 bits per heavy atom. The van der Waals surface area contributed by atoms with Crippen molar-refractivity contribution >= 4 is 38.8 Å². The van der Waals surface area contributed by atoms with Gasteiger partial charge in [0.2, 0.25) is 17.8 Å². The molecule has 0 bridgehead atoms. The summed E-state index contributed by atoms with van der Waals surface area (Å²) in [6, 6.07) is 0. The number of rotatable bonds is 3. The lowest BCUT2D eigenvalue weighted by Crippen LogP contribution is -2.15. The molecule has 0 radical (unpaired) electrons. The van der Waals surface area contributed by atoms with Gasteiger partial charge in [-0.1, -0.05) is 0 Å². The fourth-order valence-corrected chi connectivity index (χ4v) is 2.66. The summed E-state index contributed by atoms with van der Waals surface area (Å²) in [6.45, 7) is 4.11. The van der Waals surface area contributed by atoms with Gasteiger partial charge in [-0.25, -0.2) is 4.98 Å². The number of hydrogen-bond donors (Lipinski definition) is 1. The van der Waals surface area contributed by atoms with E-state index in [2.05, 4.69) is 41.3 Å². The fourth-order valence-electron chi connectivity index (χ4n) is 2.13. The number of carbonyl (C=O) groups excluding carboxylic acids is 1. The van der Waals surface area contributed by atoms with Crippen molar-refractivity contribution in [3.63, 3.8) is 0 Å². The van der Waals surface area contributed by atoms with Crippen LogP contribution in [0.2, 0.25) is 0 Å². The molecule has 1 N–H and O–H groups in total. The van der Waals surface area contributed by atoms with Gasteiger partial charge in [0, 0.05) is 19.7 Å². The maximum atomic E-state index is 11.2. The summed E-state index contributed by atoms with van der Waals surface area (Å²) >= 11 is 3.49. The van der Waals surface area contributed by atoms with Crippen molar-refractivity contribution in [2.75, 3.05) is 5.32 Å². The number of nitrogens with zero attached hydrogens (tertiary/aromatic N) is 6. The highest BCUT2D eigenvalue weighted by molar-refractivity contribution is 9.10. The van der Waals surface area contributed by atoms with Gasteiger partial charge in [-0.15, -0.1) is 0 Å². The topological polar surface area (TPSA) is 90.5 Å². The molecule has 0 saturated carbocycles. The molecule has 0 saturated heterocycles. The number of anilines is 1. The molecule has 0 atom stereocenters. The van der Waals surface area contributed by atoms with E-state index in [1.54, 1.807) is 12.4 Å². The highest BCUT2D eigenvalue weighted by Gasteiger charge is 2.18. The van der Waals surface area contributed by atoms with E-state index in [9.17, 15) is 4.79 Å². The van der Waals surface area contributed by atoms with Crippen molar-refractivity contribution in [1.29, 1.82) is 0 Å². The van der Waals surface area contributed by atoms with E-state index in [4.69, 9.17) is 0 Å². The van der Waals surface area contributed by atoms with Crippen LogP contribution in [0.15, 0.2) is 23.2 Å². The second kappa shape index (κ2) is 5.24. The minimum Gasteiger partial charge on any atom is -0.307 e. The lowest BCUT2D eigenvalue weighted by atomic mass is 10.4. The monoisotopic (exact) mass is 349 g/mol. The molecule has 3 aromatic rings. The highest BCUT2D eigenvalue weighted by atomic mass is 79.9. The zero-order valence-corrected chi connectivity index (χ0v) is 13.0. The molecule has 3 heterocycles. The molecule has 0 unspecified atom stereocenters. The first kappa shape index (κ1) is 13.7. The molecular formula is C12H12BrN7O. The first-order valence-corrected chi connectivity index (χ1v) is 7.08. The van der Waals surface area contributed by atoms with E-state index < -0.39 is 0 Å². The quantitative estimate of drug-likeness (QED) is 0.777. The standard InChI is InChI=1S/C12H12BrN7O/c1-3-19-10-8(13)4-14-5-9(10)18-12(19)20-11(15-6-16-20)17-7(2)21/h4-6H,3H2,1-2H3,(H,15,16,17,21). The van der Waals surface area contributed by atoms with Crippen LogP contribution in [0.1, 0.15) is 13.8 Å². The predicted octanol–water partition coefficient (Wildman–Crippen LogP) is 1.75. The number of imidazole rings is 1. The Morgan fingerprint density at radius 3 is 2.95 bits per heavy atom. The summed E-state index contributed by atoms with van der Waals surface area (Å²) in [7, 11) is 0. The number of pyridine rings is 1. The molecule has 3 aromatic heterocycles. The maximum Gasteiger partial charge on any atom is 0.235 e. The summed E-state index contributed by atoms with van der Waals surface area (Å²) in [5.41, 5.74) is 1.66. The number of halogens is 1. The Bertz CT molecular complexity index is 822.